The van der Waals surface area contributed by atoms with E-state index in [1.165, 1.54) is 26.2 Å². The molecule has 7 atom stereocenters. The third-order valence-corrected chi connectivity index (χ3v) is 8.66. The second-order valence-electron chi connectivity index (χ2n) is 11.2. The van der Waals surface area contributed by atoms with Crippen LogP contribution in [0.4, 0.5) is 0 Å². The molecule has 30 heavy (non-hydrogen) atoms. The Balaban J connectivity index is 1.78. The summed E-state index contributed by atoms with van der Waals surface area (Å²) in [6, 6.07) is 0. The van der Waals surface area contributed by atoms with Crippen molar-refractivity contribution in [1.29, 1.82) is 0 Å². The van der Waals surface area contributed by atoms with Gasteiger partial charge in [0.15, 0.2) is 0 Å². The zero-order valence-corrected chi connectivity index (χ0v) is 19.6. The standard InChI is InChI=1S/C25H40O5/c1-16-8-9-20-24(5)12-7-11-23(3,4)19(24)10-13-25(20,6)21(16)22(28)30-15-18(27)14-29-17(2)26/h8-9,16,18-21,27H,7,10-15H2,1-6H3. The number of allylic oxidation sites excluding steroid dienone is 2. The van der Waals surface area contributed by atoms with E-state index in [0.717, 1.165) is 12.8 Å². The van der Waals surface area contributed by atoms with Crippen molar-refractivity contribution in [3.63, 3.8) is 0 Å². The van der Waals surface area contributed by atoms with Crippen LogP contribution in [0.2, 0.25) is 0 Å². The van der Waals surface area contributed by atoms with Gasteiger partial charge in [0.2, 0.25) is 0 Å². The second-order valence-corrected chi connectivity index (χ2v) is 11.2. The highest BCUT2D eigenvalue weighted by atomic mass is 16.6. The van der Waals surface area contributed by atoms with Gasteiger partial charge in [0, 0.05) is 6.92 Å². The summed E-state index contributed by atoms with van der Waals surface area (Å²) >= 11 is 0. The molecule has 3 aliphatic carbocycles. The molecule has 0 saturated heterocycles. The first kappa shape index (κ1) is 23.3. The lowest BCUT2D eigenvalue weighted by atomic mass is 9.40. The Hall–Kier alpha value is -1.36. The van der Waals surface area contributed by atoms with Crippen LogP contribution in [0.1, 0.15) is 73.6 Å². The molecule has 0 aromatic heterocycles. The molecule has 0 heterocycles. The number of fused-ring (bicyclic) bond motifs is 3. The van der Waals surface area contributed by atoms with Gasteiger partial charge in [0.25, 0.3) is 0 Å². The van der Waals surface area contributed by atoms with Crippen LogP contribution in [0.3, 0.4) is 0 Å². The summed E-state index contributed by atoms with van der Waals surface area (Å²) in [6.45, 7) is 12.7. The van der Waals surface area contributed by atoms with Crippen molar-refractivity contribution >= 4 is 11.9 Å². The van der Waals surface area contributed by atoms with E-state index in [2.05, 4.69) is 46.8 Å². The lowest BCUT2D eigenvalue weighted by Crippen LogP contribution is -2.59. The van der Waals surface area contributed by atoms with Gasteiger partial charge in [-0.2, -0.15) is 0 Å². The second kappa shape index (κ2) is 8.29. The van der Waals surface area contributed by atoms with Crippen molar-refractivity contribution in [2.45, 2.75) is 79.8 Å². The monoisotopic (exact) mass is 420 g/mol. The molecule has 5 heteroatoms. The summed E-state index contributed by atoms with van der Waals surface area (Å²) in [5, 5.41) is 9.99. The van der Waals surface area contributed by atoms with Gasteiger partial charge in [0.1, 0.15) is 19.3 Å². The minimum absolute atomic E-state index is 0.0983. The zero-order chi connectivity index (χ0) is 22.3. The van der Waals surface area contributed by atoms with Crippen molar-refractivity contribution in [1.82, 2.24) is 0 Å². The third-order valence-electron chi connectivity index (χ3n) is 8.66. The zero-order valence-electron chi connectivity index (χ0n) is 19.6. The summed E-state index contributed by atoms with van der Waals surface area (Å²) in [5.74, 6) is 0.193. The maximum absolute atomic E-state index is 13.2. The van der Waals surface area contributed by atoms with Crippen molar-refractivity contribution in [3.8, 4) is 0 Å². The Morgan fingerprint density at radius 3 is 2.37 bits per heavy atom. The first-order valence-corrected chi connectivity index (χ1v) is 11.6. The van der Waals surface area contributed by atoms with Crippen LogP contribution in [0.5, 0.6) is 0 Å². The number of carbonyl (C=O) groups is 2. The Kier molecular flexibility index (Phi) is 6.44. The highest BCUT2D eigenvalue weighted by Gasteiger charge is 2.62. The molecule has 0 aromatic carbocycles. The van der Waals surface area contributed by atoms with E-state index in [1.54, 1.807) is 0 Å². The van der Waals surface area contributed by atoms with E-state index in [0.29, 0.717) is 17.3 Å². The number of hydrogen-bond donors (Lipinski definition) is 1. The van der Waals surface area contributed by atoms with Crippen LogP contribution in [0.15, 0.2) is 12.2 Å². The molecule has 1 N–H and O–H groups in total. The number of ether oxygens (including phenoxy) is 2. The average molecular weight is 421 g/mol. The maximum Gasteiger partial charge on any atom is 0.310 e. The maximum atomic E-state index is 13.2. The molecule has 0 aliphatic heterocycles. The van der Waals surface area contributed by atoms with Gasteiger partial charge in [-0.25, -0.2) is 0 Å². The predicted molar refractivity (Wildman–Crippen MR) is 115 cm³/mol. The highest BCUT2D eigenvalue weighted by Crippen LogP contribution is 2.67. The van der Waals surface area contributed by atoms with Gasteiger partial charge in [0.05, 0.1) is 5.92 Å². The summed E-state index contributed by atoms with van der Waals surface area (Å²) in [6.07, 6.45) is 9.52. The molecule has 0 spiro atoms. The fourth-order valence-corrected chi connectivity index (χ4v) is 7.42. The van der Waals surface area contributed by atoms with Gasteiger partial charge in [-0.05, 0) is 59.7 Å². The van der Waals surface area contributed by atoms with Crippen LogP contribution in [0, 0.1) is 39.9 Å². The van der Waals surface area contributed by atoms with E-state index < -0.39 is 12.1 Å². The Bertz CT molecular complexity index is 698. The Morgan fingerprint density at radius 2 is 1.70 bits per heavy atom. The molecule has 7 unspecified atom stereocenters. The van der Waals surface area contributed by atoms with Gasteiger partial charge < -0.3 is 14.6 Å². The first-order chi connectivity index (χ1) is 13.9. The molecule has 0 aromatic rings. The van der Waals surface area contributed by atoms with Crippen LogP contribution in [-0.4, -0.2) is 36.4 Å². The summed E-state index contributed by atoms with van der Waals surface area (Å²) in [4.78, 5) is 24.1. The van der Waals surface area contributed by atoms with Crippen LogP contribution in [-0.2, 0) is 19.1 Å². The van der Waals surface area contributed by atoms with Crippen molar-refractivity contribution in [2.75, 3.05) is 13.2 Å². The average Bonchev–Trinajstić information content (AvgIpc) is 2.63. The lowest BCUT2D eigenvalue weighted by Gasteiger charge is -2.64. The van der Waals surface area contributed by atoms with Crippen LogP contribution >= 0.6 is 0 Å². The van der Waals surface area contributed by atoms with Crippen LogP contribution in [0.25, 0.3) is 0 Å². The molecule has 5 nitrogen and oxygen atoms in total. The topological polar surface area (TPSA) is 72.8 Å². The largest absolute Gasteiger partial charge is 0.463 e. The first-order valence-electron chi connectivity index (χ1n) is 11.6. The molecule has 3 rings (SSSR count). The molecule has 2 saturated carbocycles. The van der Waals surface area contributed by atoms with Gasteiger partial charge in [-0.1, -0.05) is 53.2 Å². The van der Waals surface area contributed by atoms with E-state index in [4.69, 9.17) is 9.47 Å². The third kappa shape index (κ3) is 4.06. The van der Waals surface area contributed by atoms with Gasteiger partial charge in [-0.3, -0.25) is 9.59 Å². The van der Waals surface area contributed by atoms with Crippen molar-refractivity contribution in [3.05, 3.63) is 12.2 Å². The normalized spacial score (nSPS) is 40.6. The molecular formula is C25H40O5. The summed E-state index contributed by atoms with van der Waals surface area (Å²) in [5.41, 5.74) is 0.381. The highest BCUT2D eigenvalue weighted by molar-refractivity contribution is 5.74. The number of rotatable bonds is 5. The number of aliphatic hydroxyl groups excluding tert-OH is 1. The van der Waals surface area contributed by atoms with E-state index >= 15 is 0 Å². The SMILES string of the molecule is CC(=O)OCC(O)COC(=O)C1C(C)C=CC2C1(C)CCC1C(C)(C)CCCC12C. The lowest BCUT2D eigenvalue weighted by molar-refractivity contribution is -0.176. The fourth-order valence-electron chi connectivity index (χ4n) is 7.42. The Morgan fingerprint density at radius 1 is 1.03 bits per heavy atom. The quantitative estimate of drug-likeness (QED) is 0.523. The molecule has 0 bridgehead atoms. The molecule has 170 valence electrons. The molecule has 3 aliphatic rings. The minimum atomic E-state index is -0.997. The molecule has 2 fully saturated rings. The number of carbonyl (C=O) groups excluding carboxylic acids is 2. The fraction of sp³-hybridized carbons (Fsp3) is 0.840. The molecular weight excluding hydrogens is 380 g/mol. The van der Waals surface area contributed by atoms with Crippen molar-refractivity contribution < 1.29 is 24.2 Å². The van der Waals surface area contributed by atoms with E-state index in [9.17, 15) is 14.7 Å². The number of aliphatic hydroxyl groups is 1. The van der Waals surface area contributed by atoms with Crippen molar-refractivity contribution in [2.24, 2.45) is 39.9 Å². The molecule has 0 amide bonds. The predicted octanol–water partition coefficient (Wildman–Crippen LogP) is 4.52. The van der Waals surface area contributed by atoms with Gasteiger partial charge in [-0.15, -0.1) is 0 Å². The summed E-state index contributed by atoms with van der Waals surface area (Å²) < 4.78 is 10.4. The Labute approximate surface area is 181 Å². The number of esters is 2. The van der Waals surface area contributed by atoms with E-state index in [1.807, 2.05) is 0 Å². The molecule has 0 radical (unpaired) electrons. The summed E-state index contributed by atoms with van der Waals surface area (Å²) in [7, 11) is 0. The van der Waals surface area contributed by atoms with E-state index in [-0.39, 0.29) is 41.8 Å². The van der Waals surface area contributed by atoms with Crippen LogP contribution < -0.4 is 0 Å². The minimum Gasteiger partial charge on any atom is -0.463 e. The smallest absolute Gasteiger partial charge is 0.310 e. The number of hydrogen-bond acceptors (Lipinski definition) is 5. The van der Waals surface area contributed by atoms with Gasteiger partial charge >= 0.3 is 11.9 Å².